The van der Waals surface area contributed by atoms with Crippen LogP contribution in [0.4, 0.5) is 5.82 Å². The number of benzene rings is 1. The fourth-order valence-corrected chi connectivity index (χ4v) is 2.32. The molecular weight excluding hydrogens is 350 g/mol. The molecule has 144 valence electrons. The molecule has 0 spiro atoms. The van der Waals surface area contributed by atoms with E-state index in [0.29, 0.717) is 18.7 Å². The highest BCUT2D eigenvalue weighted by Crippen LogP contribution is 2.20. The fraction of sp³-hybridized carbons (Fsp3) is 0.278. The van der Waals surface area contributed by atoms with Gasteiger partial charge in [0, 0.05) is 37.5 Å². The summed E-state index contributed by atoms with van der Waals surface area (Å²) in [5.41, 5.74) is 9.06. The van der Waals surface area contributed by atoms with Crippen molar-refractivity contribution in [2.24, 2.45) is 5.73 Å². The number of methoxy groups -OCH3 is 1. The van der Waals surface area contributed by atoms with Gasteiger partial charge in [-0.3, -0.25) is 14.8 Å². The van der Waals surface area contributed by atoms with Crippen molar-refractivity contribution in [3.63, 3.8) is 0 Å². The number of amides is 2. The minimum absolute atomic E-state index is 0.132. The van der Waals surface area contributed by atoms with E-state index in [1.54, 1.807) is 37.6 Å². The third-order valence-electron chi connectivity index (χ3n) is 3.82. The molecule has 6 N–H and O–H groups in total. The van der Waals surface area contributed by atoms with Crippen LogP contribution in [0.5, 0.6) is 0 Å². The molecule has 1 atom stereocenters. The summed E-state index contributed by atoms with van der Waals surface area (Å²) in [7, 11) is 1.64. The van der Waals surface area contributed by atoms with Crippen LogP contribution in [-0.2, 0) is 9.53 Å². The van der Waals surface area contributed by atoms with Crippen LogP contribution in [0.3, 0.4) is 0 Å². The number of aromatic nitrogens is 1. The van der Waals surface area contributed by atoms with Crippen molar-refractivity contribution in [3.05, 3.63) is 48.2 Å². The Balaban J connectivity index is 2.01. The normalized spacial score (nSPS) is 11.5. The van der Waals surface area contributed by atoms with E-state index in [4.69, 9.17) is 15.7 Å². The van der Waals surface area contributed by atoms with Crippen LogP contribution >= 0.6 is 0 Å². The van der Waals surface area contributed by atoms with Gasteiger partial charge in [-0.2, -0.15) is 0 Å². The number of hydroxylamine groups is 1. The number of nitrogens with two attached hydrogens (primary N) is 1. The number of carbonyl (C=O) groups is 2. The zero-order valence-corrected chi connectivity index (χ0v) is 14.9. The minimum atomic E-state index is -1.01. The number of hydrogen-bond donors (Lipinski definition) is 5. The molecule has 0 fully saturated rings. The van der Waals surface area contributed by atoms with Gasteiger partial charge < -0.3 is 21.1 Å². The molecule has 0 aliphatic heterocycles. The molecule has 0 bridgehead atoms. The number of anilines is 1. The average Bonchev–Trinajstić information content (AvgIpc) is 2.72. The summed E-state index contributed by atoms with van der Waals surface area (Å²) < 4.78 is 4.97. The van der Waals surface area contributed by atoms with Crippen molar-refractivity contribution in [2.75, 3.05) is 32.1 Å². The first-order valence-electron chi connectivity index (χ1n) is 8.33. The van der Waals surface area contributed by atoms with Crippen LogP contribution in [0.1, 0.15) is 10.4 Å². The summed E-state index contributed by atoms with van der Waals surface area (Å²) in [6.07, 6.45) is 1.74. The number of pyridine rings is 1. The number of ether oxygens (including phenoxy) is 1. The summed E-state index contributed by atoms with van der Waals surface area (Å²) >= 11 is 0. The molecule has 1 aromatic carbocycles. The van der Waals surface area contributed by atoms with Crippen LogP contribution in [0, 0.1) is 0 Å². The summed E-state index contributed by atoms with van der Waals surface area (Å²) in [5.74, 6) is -0.481. The SMILES string of the molecule is COCCNc1ccc(-c2ccc(C(=O)N[C@@H](CN)C(=O)NO)cc2)cn1. The lowest BCUT2D eigenvalue weighted by Crippen LogP contribution is -2.50. The molecule has 0 unspecified atom stereocenters. The first kappa shape index (κ1) is 20.3. The van der Waals surface area contributed by atoms with E-state index in [2.05, 4.69) is 15.6 Å². The van der Waals surface area contributed by atoms with Crippen LogP contribution in [0.2, 0.25) is 0 Å². The Morgan fingerprint density at radius 3 is 2.44 bits per heavy atom. The maximum absolute atomic E-state index is 12.2. The van der Waals surface area contributed by atoms with Gasteiger partial charge in [-0.25, -0.2) is 10.5 Å². The lowest BCUT2D eigenvalue weighted by atomic mass is 10.1. The minimum Gasteiger partial charge on any atom is -0.383 e. The molecule has 9 nitrogen and oxygen atoms in total. The molecule has 0 aliphatic carbocycles. The molecule has 1 heterocycles. The van der Waals surface area contributed by atoms with Gasteiger partial charge in [-0.15, -0.1) is 0 Å². The third kappa shape index (κ3) is 5.74. The van der Waals surface area contributed by atoms with Gasteiger partial charge >= 0.3 is 0 Å². The number of nitrogens with zero attached hydrogens (tertiary/aromatic N) is 1. The topological polar surface area (TPSA) is 139 Å². The van der Waals surface area contributed by atoms with Crippen molar-refractivity contribution in [3.8, 4) is 11.1 Å². The van der Waals surface area contributed by atoms with Gasteiger partial charge in [0.15, 0.2) is 0 Å². The van der Waals surface area contributed by atoms with Gasteiger partial charge in [0.1, 0.15) is 11.9 Å². The second-order valence-electron chi connectivity index (χ2n) is 5.67. The highest BCUT2D eigenvalue weighted by atomic mass is 16.5. The van der Waals surface area contributed by atoms with E-state index in [9.17, 15) is 9.59 Å². The van der Waals surface area contributed by atoms with Crippen LogP contribution in [0.25, 0.3) is 11.1 Å². The Morgan fingerprint density at radius 2 is 1.89 bits per heavy atom. The van der Waals surface area contributed by atoms with Gasteiger partial charge in [-0.1, -0.05) is 12.1 Å². The molecule has 2 rings (SSSR count). The zero-order chi connectivity index (χ0) is 19.6. The van der Waals surface area contributed by atoms with E-state index in [1.807, 2.05) is 12.1 Å². The van der Waals surface area contributed by atoms with Crippen LogP contribution < -0.4 is 21.8 Å². The Kier molecular flexibility index (Phi) is 7.68. The van der Waals surface area contributed by atoms with Crippen LogP contribution in [-0.4, -0.2) is 54.9 Å². The molecule has 27 heavy (non-hydrogen) atoms. The second-order valence-corrected chi connectivity index (χ2v) is 5.67. The van der Waals surface area contributed by atoms with Gasteiger partial charge in [0.25, 0.3) is 11.8 Å². The number of carbonyl (C=O) groups excluding carboxylic acids is 2. The Hall–Kier alpha value is -3.01. The standard InChI is InChI=1S/C18H23N5O4/c1-27-9-8-20-16-7-6-14(11-21-16)12-2-4-13(5-3-12)17(24)22-15(10-19)18(25)23-26/h2-7,11,15,26H,8-10,19H2,1H3,(H,20,21)(H,22,24)(H,23,25)/t15-/m0/s1. The Morgan fingerprint density at radius 1 is 1.19 bits per heavy atom. The molecule has 1 aromatic heterocycles. The number of nitrogens with one attached hydrogen (secondary N) is 3. The lowest BCUT2D eigenvalue weighted by molar-refractivity contribution is -0.130. The van der Waals surface area contributed by atoms with Crippen molar-refractivity contribution in [2.45, 2.75) is 6.04 Å². The Labute approximate surface area is 156 Å². The molecule has 2 amide bonds. The maximum atomic E-state index is 12.2. The van der Waals surface area contributed by atoms with E-state index in [-0.39, 0.29) is 6.54 Å². The average molecular weight is 373 g/mol. The second kappa shape index (κ2) is 10.2. The highest BCUT2D eigenvalue weighted by molar-refractivity contribution is 5.97. The van der Waals surface area contributed by atoms with Gasteiger partial charge in [0.05, 0.1) is 6.61 Å². The number of hydrogen-bond acceptors (Lipinski definition) is 7. The van der Waals surface area contributed by atoms with Gasteiger partial charge in [0.2, 0.25) is 0 Å². The van der Waals surface area contributed by atoms with Crippen molar-refractivity contribution in [1.29, 1.82) is 0 Å². The predicted octanol–water partition coefficient (Wildman–Crippen LogP) is 0.369. The summed E-state index contributed by atoms with van der Waals surface area (Å²) in [6.45, 7) is 1.13. The van der Waals surface area contributed by atoms with E-state index >= 15 is 0 Å². The molecule has 9 heteroatoms. The maximum Gasteiger partial charge on any atom is 0.267 e. The molecular formula is C18H23N5O4. The third-order valence-corrected chi connectivity index (χ3v) is 3.82. The molecule has 0 saturated carbocycles. The summed E-state index contributed by atoms with van der Waals surface area (Å²) in [4.78, 5) is 27.9. The molecule has 0 saturated heterocycles. The van der Waals surface area contributed by atoms with Crippen molar-refractivity contribution < 1.29 is 19.5 Å². The van der Waals surface area contributed by atoms with Crippen molar-refractivity contribution >= 4 is 17.6 Å². The molecule has 2 aromatic rings. The molecule has 0 aliphatic rings. The Bertz CT molecular complexity index is 749. The zero-order valence-electron chi connectivity index (χ0n) is 14.9. The van der Waals surface area contributed by atoms with E-state index in [1.165, 1.54) is 5.48 Å². The van der Waals surface area contributed by atoms with Crippen LogP contribution in [0.15, 0.2) is 42.6 Å². The largest absolute Gasteiger partial charge is 0.383 e. The first-order valence-corrected chi connectivity index (χ1v) is 8.33. The summed E-state index contributed by atoms with van der Waals surface area (Å²) in [5, 5.41) is 14.2. The quantitative estimate of drug-likeness (QED) is 0.243. The first-order chi connectivity index (χ1) is 13.1. The smallest absolute Gasteiger partial charge is 0.267 e. The van der Waals surface area contributed by atoms with E-state index in [0.717, 1.165) is 16.9 Å². The highest BCUT2D eigenvalue weighted by Gasteiger charge is 2.19. The predicted molar refractivity (Wildman–Crippen MR) is 100 cm³/mol. The van der Waals surface area contributed by atoms with Crippen molar-refractivity contribution in [1.82, 2.24) is 15.8 Å². The fourth-order valence-electron chi connectivity index (χ4n) is 2.32. The van der Waals surface area contributed by atoms with E-state index < -0.39 is 17.9 Å². The summed E-state index contributed by atoms with van der Waals surface area (Å²) in [6, 6.07) is 9.63. The monoisotopic (exact) mass is 373 g/mol. The molecule has 0 radical (unpaired) electrons. The van der Waals surface area contributed by atoms with Gasteiger partial charge in [-0.05, 0) is 29.8 Å². The lowest BCUT2D eigenvalue weighted by Gasteiger charge is -2.14. The number of rotatable bonds is 9.